The summed E-state index contributed by atoms with van der Waals surface area (Å²) in [6.07, 6.45) is 3.18. The van der Waals surface area contributed by atoms with Gasteiger partial charge >= 0.3 is 0 Å². The van der Waals surface area contributed by atoms with Crippen LogP contribution in [0.2, 0.25) is 0 Å². The SMILES string of the molecule is NC(=O)c1cc(-c2ccc(F)cc2)cc2c(C3CCCS(=O)(=O)C3)c[nH]c12. The number of benzene rings is 2. The van der Waals surface area contributed by atoms with Crippen LogP contribution < -0.4 is 5.73 Å². The van der Waals surface area contributed by atoms with Gasteiger partial charge in [0.05, 0.1) is 22.6 Å². The van der Waals surface area contributed by atoms with Gasteiger partial charge in [-0.2, -0.15) is 0 Å². The monoisotopic (exact) mass is 386 g/mol. The molecule has 1 saturated heterocycles. The summed E-state index contributed by atoms with van der Waals surface area (Å²) in [6.45, 7) is 0. The molecule has 3 N–H and O–H groups in total. The number of halogens is 1. The van der Waals surface area contributed by atoms with Gasteiger partial charge in [-0.25, -0.2) is 12.8 Å². The van der Waals surface area contributed by atoms with Crippen LogP contribution in [0.1, 0.15) is 34.7 Å². The number of rotatable bonds is 3. The fourth-order valence-corrected chi connectivity index (χ4v) is 5.59. The molecular weight excluding hydrogens is 367 g/mol. The molecule has 140 valence electrons. The molecule has 0 aliphatic carbocycles. The Morgan fingerprint density at radius 3 is 2.56 bits per heavy atom. The fraction of sp³-hybridized carbons (Fsp3) is 0.250. The molecule has 1 aliphatic heterocycles. The molecule has 2 heterocycles. The number of H-pyrrole nitrogens is 1. The van der Waals surface area contributed by atoms with Crippen molar-refractivity contribution in [2.45, 2.75) is 18.8 Å². The summed E-state index contributed by atoms with van der Waals surface area (Å²) in [5, 5.41) is 0.785. The number of hydrogen-bond donors (Lipinski definition) is 2. The lowest BCUT2D eigenvalue weighted by atomic mass is 9.92. The van der Waals surface area contributed by atoms with Gasteiger partial charge in [0.1, 0.15) is 5.82 Å². The lowest BCUT2D eigenvalue weighted by Gasteiger charge is -2.21. The van der Waals surface area contributed by atoms with Gasteiger partial charge in [0.25, 0.3) is 5.91 Å². The molecule has 27 heavy (non-hydrogen) atoms. The smallest absolute Gasteiger partial charge is 0.250 e. The van der Waals surface area contributed by atoms with E-state index in [1.807, 2.05) is 6.07 Å². The molecule has 1 unspecified atom stereocenters. The Labute approximate surface area is 156 Å². The van der Waals surface area contributed by atoms with E-state index in [0.717, 1.165) is 28.5 Å². The first-order valence-corrected chi connectivity index (χ1v) is 10.6. The average molecular weight is 386 g/mol. The molecule has 0 radical (unpaired) electrons. The van der Waals surface area contributed by atoms with E-state index in [9.17, 15) is 17.6 Å². The van der Waals surface area contributed by atoms with Crippen molar-refractivity contribution in [1.82, 2.24) is 4.98 Å². The number of carbonyl (C=O) groups is 1. The van der Waals surface area contributed by atoms with E-state index in [2.05, 4.69) is 4.98 Å². The molecule has 1 aliphatic rings. The van der Waals surface area contributed by atoms with Gasteiger partial charge in [0.15, 0.2) is 9.84 Å². The van der Waals surface area contributed by atoms with E-state index >= 15 is 0 Å². The summed E-state index contributed by atoms with van der Waals surface area (Å²) in [4.78, 5) is 15.1. The molecule has 1 amide bonds. The lowest BCUT2D eigenvalue weighted by molar-refractivity contribution is 0.100. The van der Waals surface area contributed by atoms with Crippen LogP contribution in [0.15, 0.2) is 42.6 Å². The molecule has 4 rings (SSSR count). The van der Waals surface area contributed by atoms with Gasteiger partial charge in [-0.05, 0) is 59.7 Å². The van der Waals surface area contributed by atoms with Crippen molar-refractivity contribution < 1.29 is 17.6 Å². The normalized spacial score (nSPS) is 19.2. The van der Waals surface area contributed by atoms with E-state index in [-0.39, 0.29) is 23.2 Å². The predicted molar refractivity (Wildman–Crippen MR) is 103 cm³/mol. The number of sulfone groups is 1. The zero-order valence-electron chi connectivity index (χ0n) is 14.5. The highest BCUT2D eigenvalue weighted by Crippen LogP contribution is 2.36. The topological polar surface area (TPSA) is 93.0 Å². The van der Waals surface area contributed by atoms with Crippen LogP contribution in [0.3, 0.4) is 0 Å². The van der Waals surface area contributed by atoms with Gasteiger partial charge in [0.2, 0.25) is 0 Å². The van der Waals surface area contributed by atoms with E-state index in [1.165, 1.54) is 12.1 Å². The molecule has 7 heteroatoms. The Morgan fingerprint density at radius 1 is 1.15 bits per heavy atom. The molecule has 0 bridgehead atoms. The first-order chi connectivity index (χ1) is 12.8. The second kappa shape index (κ2) is 6.49. The van der Waals surface area contributed by atoms with Gasteiger partial charge in [-0.15, -0.1) is 0 Å². The first-order valence-electron chi connectivity index (χ1n) is 8.75. The van der Waals surface area contributed by atoms with Crippen LogP contribution in [-0.4, -0.2) is 30.8 Å². The summed E-state index contributed by atoms with van der Waals surface area (Å²) in [5.74, 6) is -0.716. The van der Waals surface area contributed by atoms with Crippen LogP contribution in [-0.2, 0) is 9.84 Å². The van der Waals surface area contributed by atoms with Crippen molar-refractivity contribution >= 4 is 26.6 Å². The van der Waals surface area contributed by atoms with Crippen LogP contribution in [0.4, 0.5) is 4.39 Å². The highest BCUT2D eigenvalue weighted by Gasteiger charge is 2.28. The van der Waals surface area contributed by atoms with Gasteiger partial charge in [0, 0.05) is 11.6 Å². The zero-order valence-corrected chi connectivity index (χ0v) is 15.4. The van der Waals surface area contributed by atoms with Gasteiger partial charge < -0.3 is 10.7 Å². The predicted octanol–water partition coefficient (Wildman–Crippen LogP) is 3.37. The molecule has 0 spiro atoms. The third-order valence-corrected chi connectivity index (χ3v) is 6.99. The van der Waals surface area contributed by atoms with Crippen molar-refractivity contribution in [3.63, 3.8) is 0 Å². The Kier molecular flexibility index (Phi) is 4.26. The molecule has 1 fully saturated rings. The van der Waals surface area contributed by atoms with Crippen molar-refractivity contribution in [3.8, 4) is 11.1 Å². The lowest BCUT2D eigenvalue weighted by Crippen LogP contribution is -2.23. The Hall–Kier alpha value is -2.67. The molecule has 3 aromatic rings. The zero-order chi connectivity index (χ0) is 19.2. The minimum atomic E-state index is -3.07. The summed E-state index contributed by atoms with van der Waals surface area (Å²) in [7, 11) is -3.07. The van der Waals surface area contributed by atoms with Crippen molar-refractivity contribution in [1.29, 1.82) is 0 Å². The molecule has 1 atom stereocenters. The highest BCUT2D eigenvalue weighted by molar-refractivity contribution is 7.91. The van der Waals surface area contributed by atoms with E-state index in [0.29, 0.717) is 17.5 Å². The number of aromatic amines is 1. The maximum absolute atomic E-state index is 13.3. The van der Waals surface area contributed by atoms with Gasteiger partial charge in [-0.3, -0.25) is 4.79 Å². The molecule has 2 aromatic carbocycles. The second-order valence-electron chi connectivity index (χ2n) is 7.02. The Morgan fingerprint density at radius 2 is 1.89 bits per heavy atom. The molecule has 1 aromatic heterocycles. The highest BCUT2D eigenvalue weighted by atomic mass is 32.2. The van der Waals surface area contributed by atoms with Crippen LogP contribution >= 0.6 is 0 Å². The average Bonchev–Trinajstić information content (AvgIpc) is 3.04. The largest absolute Gasteiger partial charge is 0.366 e. The number of aromatic nitrogens is 1. The molecule has 0 saturated carbocycles. The summed E-state index contributed by atoms with van der Waals surface area (Å²) in [5.41, 5.74) is 8.86. The van der Waals surface area contributed by atoms with Crippen LogP contribution in [0, 0.1) is 5.82 Å². The summed E-state index contributed by atoms with van der Waals surface area (Å²) < 4.78 is 37.4. The number of primary amides is 1. The Bertz CT molecular complexity index is 1130. The number of carbonyl (C=O) groups excluding carboxylic acids is 1. The minimum absolute atomic E-state index is 0.104. The number of nitrogens with one attached hydrogen (secondary N) is 1. The van der Waals surface area contributed by atoms with Crippen molar-refractivity contribution in [2.75, 3.05) is 11.5 Å². The molecular formula is C20H19FN2O3S. The number of hydrogen-bond acceptors (Lipinski definition) is 3. The van der Waals surface area contributed by atoms with E-state index in [1.54, 1.807) is 24.4 Å². The maximum atomic E-state index is 13.3. The first kappa shape index (κ1) is 17.7. The number of amides is 1. The minimum Gasteiger partial charge on any atom is -0.366 e. The third kappa shape index (κ3) is 3.35. The molecule has 5 nitrogen and oxygen atoms in total. The van der Waals surface area contributed by atoms with E-state index < -0.39 is 15.7 Å². The number of nitrogens with two attached hydrogens (primary N) is 1. The third-order valence-electron chi connectivity index (χ3n) is 5.17. The standard InChI is InChI=1S/C20H19FN2O3S/c21-15-5-3-12(4-6-15)14-8-16-18(13-2-1-7-27(25,26)11-13)10-23-19(16)17(9-14)20(22)24/h3-6,8-10,13,23H,1-2,7,11H2,(H2,22,24). The number of fused-ring (bicyclic) bond motifs is 1. The van der Waals surface area contributed by atoms with Crippen molar-refractivity contribution in [2.24, 2.45) is 5.73 Å². The quantitative estimate of drug-likeness (QED) is 0.723. The fourth-order valence-electron chi connectivity index (χ4n) is 3.86. The Balaban J connectivity index is 1.89. The summed E-state index contributed by atoms with van der Waals surface area (Å²) in [6, 6.07) is 9.57. The van der Waals surface area contributed by atoms with Gasteiger partial charge in [-0.1, -0.05) is 12.1 Å². The van der Waals surface area contributed by atoms with Crippen LogP contribution in [0.25, 0.3) is 22.0 Å². The van der Waals surface area contributed by atoms with E-state index in [4.69, 9.17) is 5.73 Å². The maximum Gasteiger partial charge on any atom is 0.250 e. The van der Waals surface area contributed by atoms with Crippen LogP contribution in [0.5, 0.6) is 0 Å². The summed E-state index contributed by atoms with van der Waals surface area (Å²) >= 11 is 0. The second-order valence-corrected chi connectivity index (χ2v) is 9.24. The van der Waals surface area contributed by atoms with Crippen molar-refractivity contribution in [3.05, 3.63) is 59.5 Å².